The van der Waals surface area contributed by atoms with Gasteiger partial charge in [0.05, 0.1) is 35.1 Å². The molecule has 10 heteroatoms. The number of pyridine rings is 1. The van der Waals surface area contributed by atoms with Crippen molar-refractivity contribution < 1.29 is 18.9 Å². The Morgan fingerprint density at radius 1 is 1.17 bits per heavy atom. The van der Waals surface area contributed by atoms with Crippen molar-refractivity contribution in [3.8, 4) is 0 Å². The summed E-state index contributed by atoms with van der Waals surface area (Å²) < 4.78 is 13.6. The zero-order valence-corrected chi connectivity index (χ0v) is 24.5. The number of esters is 1. The Morgan fingerprint density at radius 3 is 2.19 bits per heavy atom. The highest BCUT2D eigenvalue weighted by molar-refractivity contribution is 6.74. The molecule has 1 aromatic heterocycles. The molecule has 0 saturated heterocycles. The fourth-order valence-electron chi connectivity index (χ4n) is 3.74. The molecule has 200 valence electrons. The van der Waals surface area contributed by atoms with E-state index in [4.69, 9.17) is 9.16 Å². The van der Waals surface area contributed by atoms with E-state index in [0.717, 1.165) is 0 Å². The van der Waals surface area contributed by atoms with Gasteiger partial charge in [-0.2, -0.15) is 0 Å². The molecule has 1 heterocycles. The van der Waals surface area contributed by atoms with Crippen LogP contribution in [-0.2, 0) is 9.16 Å². The molecular formula is C26H41N3O6Si. The van der Waals surface area contributed by atoms with Gasteiger partial charge in [0.1, 0.15) is 11.3 Å². The van der Waals surface area contributed by atoms with E-state index in [2.05, 4.69) is 54.6 Å². The molecule has 2 aromatic rings. The van der Waals surface area contributed by atoms with E-state index >= 15 is 0 Å². The van der Waals surface area contributed by atoms with Crippen LogP contribution in [0.1, 0.15) is 64.9 Å². The third-order valence-corrected chi connectivity index (χ3v) is 11.5. The highest BCUT2D eigenvalue weighted by Crippen LogP contribution is 2.40. The van der Waals surface area contributed by atoms with E-state index in [1.165, 1.54) is 12.3 Å². The molecule has 36 heavy (non-hydrogen) atoms. The van der Waals surface area contributed by atoms with Crippen molar-refractivity contribution in [2.75, 3.05) is 32.2 Å². The van der Waals surface area contributed by atoms with Crippen molar-refractivity contribution in [2.24, 2.45) is 5.41 Å². The lowest BCUT2D eigenvalue weighted by atomic mass is 9.86. The van der Waals surface area contributed by atoms with E-state index in [-0.39, 0.29) is 39.7 Å². The van der Waals surface area contributed by atoms with Gasteiger partial charge in [0, 0.05) is 26.4 Å². The minimum atomic E-state index is -2.12. The Labute approximate surface area is 214 Å². The zero-order chi connectivity index (χ0) is 27.8. The maximum Gasteiger partial charge on any atom is 0.343 e. The summed E-state index contributed by atoms with van der Waals surface area (Å²) in [5.41, 5.74) is -0.425. The normalized spacial score (nSPS) is 13.5. The predicted molar refractivity (Wildman–Crippen MR) is 147 cm³/mol. The fraction of sp³-hybridized carbons (Fsp3) is 0.615. The number of anilines is 1. The summed E-state index contributed by atoms with van der Waals surface area (Å²) in [6, 6.07) is 2.63. The summed E-state index contributed by atoms with van der Waals surface area (Å²) >= 11 is 0. The first kappa shape index (κ1) is 29.5. The quantitative estimate of drug-likeness (QED) is 0.189. The lowest BCUT2D eigenvalue weighted by molar-refractivity contribution is -0.384. The van der Waals surface area contributed by atoms with Crippen LogP contribution in [0.15, 0.2) is 23.1 Å². The number of fused-ring (bicyclic) bond motifs is 1. The zero-order valence-electron chi connectivity index (χ0n) is 23.5. The summed E-state index contributed by atoms with van der Waals surface area (Å²) in [5.74, 6) is -0.754. The van der Waals surface area contributed by atoms with E-state index in [1.54, 1.807) is 32.0 Å². The Morgan fingerprint density at radius 2 is 1.75 bits per heavy atom. The van der Waals surface area contributed by atoms with E-state index in [1.807, 2.05) is 4.57 Å². The molecule has 0 fully saturated rings. The molecule has 1 aromatic carbocycles. The highest BCUT2D eigenvalue weighted by atomic mass is 28.4. The molecule has 0 amide bonds. The van der Waals surface area contributed by atoms with Crippen LogP contribution in [-0.4, -0.2) is 51.1 Å². The first-order chi connectivity index (χ1) is 16.3. The number of benzene rings is 1. The summed E-state index contributed by atoms with van der Waals surface area (Å²) in [6.07, 6.45) is 1.53. The van der Waals surface area contributed by atoms with Crippen LogP contribution in [0.25, 0.3) is 10.9 Å². The van der Waals surface area contributed by atoms with Crippen LogP contribution in [0.5, 0.6) is 0 Å². The van der Waals surface area contributed by atoms with Crippen molar-refractivity contribution in [1.29, 1.82) is 0 Å². The smallest absolute Gasteiger partial charge is 0.343 e. The third kappa shape index (κ3) is 5.97. The van der Waals surface area contributed by atoms with Gasteiger partial charge < -0.3 is 18.6 Å². The second-order valence-corrected chi connectivity index (χ2v) is 16.8. The molecule has 0 aliphatic rings. The van der Waals surface area contributed by atoms with Gasteiger partial charge in [-0.1, -0.05) is 41.5 Å². The van der Waals surface area contributed by atoms with Gasteiger partial charge in [-0.05, 0) is 36.5 Å². The molecule has 9 nitrogen and oxygen atoms in total. The maximum absolute atomic E-state index is 13.4. The van der Waals surface area contributed by atoms with Gasteiger partial charge in [-0.15, -0.1) is 0 Å². The average molecular weight is 520 g/mol. The van der Waals surface area contributed by atoms with Gasteiger partial charge in [0.2, 0.25) is 5.43 Å². The van der Waals surface area contributed by atoms with Crippen LogP contribution in [0.2, 0.25) is 18.1 Å². The number of nitro benzene ring substituents is 1. The Kier molecular flexibility index (Phi) is 8.47. The van der Waals surface area contributed by atoms with Crippen LogP contribution in [0, 0.1) is 15.5 Å². The van der Waals surface area contributed by atoms with Gasteiger partial charge in [-0.25, -0.2) is 4.79 Å². The summed E-state index contributed by atoms with van der Waals surface area (Å²) in [5, 5.41) is 11.9. The van der Waals surface area contributed by atoms with Crippen LogP contribution in [0.4, 0.5) is 11.4 Å². The number of hydrogen-bond acceptors (Lipinski definition) is 7. The first-order valence-corrected chi connectivity index (χ1v) is 15.1. The monoisotopic (exact) mass is 519 g/mol. The minimum Gasteiger partial charge on any atom is -0.462 e. The Bertz CT molecular complexity index is 1210. The Hall–Kier alpha value is -2.72. The number of aromatic nitrogens is 1. The molecule has 2 rings (SSSR count). The molecule has 0 bridgehead atoms. The standard InChI is InChI=1S/C26H41N3O6Si/c1-12-34-24(31)18-15-28(22(25(2,3)4)16-35-36(10,11)26(5,6)7)19-14-20(27(8)9)21(29(32)33)13-17(19)23(18)30/h13-15,22H,12,16H2,1-11H3/t22-/m1/s1. The maximum atomic E-state index is 13.4. The number of rotatable bonds is 8. The molecule has 0 unspecified atom stereocenters. The molecule has 0 saturated carbocycles. The van der Waals surface area contributed by atoms with Crippen LogP contribution in [0.3, 0.4) is 0 Å². The number of nitrogens with zero attached hydrogens (tertiary/aromatic N) is 3. The van der Waals surface area contributed by atoms with Gasteiger partial charge in [0.15, 0.2) is 8.32 Å². The SMILES string of the molecule is CCOC(=O)c1cn([C@H](CO[Si](C)(C)C(C)(C)C)C(C)(C)C)c2cc(N(C)C)c([N+](=O)[O-])cc2c1=O. The second kappa shape index (κ2) is 10.3. The topological polar surface area (TPSA) is 104 Å². The van der Waals surface area contributed by atoms with Crippen molar-refractivity contribution in [3.63, 3.8) is 0 Å². The van der Waals surface area contributed by atoms with Crippen molar-refractivity contribution in [2.45, 2.75) is 72.6 Å². The number of carbonyl (C=O) groups excluding carboxylic acids is 1. The van der Waals surface area contributed by atoms with Crippen molar-refractivity contribution in [1.82, 2.24) is 4.57 Å². The Balaban J connectivity index is 2.94. The largest absolute Gasteiger partial charge is 0.462 e. The molecule has 0 N–H and O–H groups in total. The lowest BCUT2D eigenvalue weighted by Gasteiger charge is -2.40. The van der Waals surface area contributed by atoms with Gasteiger partial charge in [-0.3, -0.25) is 14.9 Å². The highest BCUT2D eigenvalue weighted by Gasteiger charge is 2.39. The number of carbonyl (C=O) groups is 1. The first-order valence-electron chi connectivity index (χ1n) is 12.2. The third-order valence-electron chi connectivity index (χ3n) is 7.05. The van der Waals surface area contributed by atoms with E-state index in [9.17, 15) is 19.7 Å². The van der Waals surface area contributed by atoms with Crippen molar-refractivity contribution >= 4 is 36.6 Å². The fourth-order valence-corrected chi connectivity index (χ4v) is 4.75. The number of hydrogen-bond donors (Lipinski definition) is 0. The van der Waals surface area contributed by atoms with Crippen LogP contribution >= 0.6 is 0 Å². The molecule has 0 aliphatic carbocycles. The summed E-state index contributed by atoms with van der Waals surface area (Å²) in [7, 11) is 1.30. The lowest BCUT2D eigenvalue weighted by Crippen LogP contribution is -2.43. The molecular weight excluding hydrogens is 478 g/mol. The summed E-state index contributed by atoms with van der Waals surface area (Å²) in [6.45, 7) is 19.2. The van der Waals surface area contributed by atoms with Gasteiger partial charge >= 0.3 is 5.97 Å². The molecule has 0 aliphatic heterocycles. The number of nitro groups is 1. The molecule has 0 radical (unpaired) electrons. The van der Waals surface area contributed by atoms with Gasteiger partial charge in [0.25, 0.3) is 5.69 Å². The predicted octanol–water partition coefficient (Wildman–Crippen LogP) is 5.76. The van der Waals surface area contributed by atoms with E-state index < -0.39 is 24.6 Å². The van der Waals surface area contributed by atoms with Crippen LogP contribution < -0.4 is 10.3 Å². The summed E-state index contributed by atoms with van der Waals surface area (Å²) in [4.78, 5) is 39.1. The second-order valence-electron chi connectivity index (χ2n) is 12.0. The van der Waals surface area contributed by atoms with E-state index in [0.29, 0.717) is 17.8 Å². The molecule has 1 atom stereocenters. The number of ether oxygens (including phenoxy) is 1. The minimum absolute atomic E-state index is 0.00413. The molecule has 0 spiro atoms. The average Bonchev–Trinajstić information content (AvgIpc) is 2.72. The van der Waals surface area contributed by atoms with Crippen molar-refractivity contribution in [3.05, 3.63) is 44.2 Å².